The first-order valence-corrected chi connectivity index (χ1v) is 10.4. The topological polar surface area (TPSA) is 72.2 Å². The first-order valence-electron chi connectivity index (χ1n) is 9.57. The lowest BCUT2D eigenvalue weighted by atomic mass is 9.94. The molecule has 0 fully saturated rings. The number of nitrogens with zero attached hydrogens (tertiary/aromatic N) is 1. The molecule has 31 heavy (non-hydrogen) atoms. The number of nitrogens with one attached hydrogen (secondary N) is 1. The van der Waals surface area contributed by atoms with Crippen molar-refractivity contribution in [3.05, 3.63) is 113 Å². The molecule has 0 saturated heterocycles. The Balaban J connectivity index is 1.79. The van der Waals surface area contributed by atoms with E-state index in [0.717, 1.165) is 39.1 Å². The molecule has 0 amide bonds. The van der Waals surface area contributed by atoms with Crippen LogP contribution in [0.25, 0.3) is 22.3 Å². The van der Waals surface area contributed by atoms with Crippen LogP contribution < -0.4 is 4.72 Å². The Morgan fingerprint density at radius 2 is 1.29 bits per heavy atom. The van der Waals surface area contributed by atoms with Gasteiger partial charge in [0.1, 0.15) is 6.29 Å². The Kier molecular flexibility index (Phi) is 6.10. The Hall–Kier alpha value is -3.90. The van der Waals surface area contributed by atoms with Crippen molar-refractivity contribution in [3.8, 4) is 22.3 Å². The van der Waals surface area contributed by atoms with Gasteiger partial charge in [0.15, 0.2) is 0 Å². The Morgan fingerprint density at radius 3 is 1.74 bits per heavy atom. The second-order valence-corrected chi connectivity index (χ2v) is 7.68. The molecule has 0 radical (unpaired) electrons. The zero-order chi connectivity index (χ0) is 21.6. The Morgan fingerprint density at radius 1 is 0.774 bits per heavy atom. The van der Waals surface area contributed by atoms with Crippen LogP contribution in [-0.4, -0.2) is 11.2 Å². The largest absolute Gasteiger partial charge is 0.325 e. The van der Waals surface area contributed by atoms with Crippen LogP contribution in [0.4, 0.5) is 11.4 Å². The van der Waals surface area contributed by atoms with Crippen LogP contribution >= 0.6 is 11.9 Å². The molecule has 0 bridgehead atoms. The summed E-state index contributed by atoms with van der Waals surface area (Å²) in [5.74, 6) is 0. The molecule has 0 atom stereocenters. The third-order valence-electron chi connectivity index (χ3n) is 4.78. The lowest BCUT2D eigenvalue weighted by Crippen LogP contribution is -1.97. The lowest BCUT2D eigenvalue weighted by Gasteiger charge is -2.18. The van der Waals surface area contributed by atoms with Crippen molar-refractivity contribution in [2.24, 2.45) is 0 Å². The zero-order valence-electron chi connectivity index (χ0n) is 16.4. The van der Waals surface area contributed by atoms with Gasteiger partial charge in [-0.15, -0.1) is 0 Å². The zero-order valence-corrected chi connectivity index (χ0v) is 17.2. The van der Waals surface area contributed by atoms with E-state index in [-0.39, 0.29) is 5.69 Å². The van der Waals surface area contributed by atoms with E-state index in [1.54, 1.807) is 12.1 Å². The third-order valence-corrected chi connectivity index (χ3v) is 5.60. The van der Waals surface area contributed by atoms with E-state index in [4.69, 9.17) is 0 Å². The molecular formula is C25H18N2O3S. The van der Waals surface area contributed by atoms with Crippen LogP contribution in [0, 0.1) is 10.1 Å². The average Bonchev–Trinajstić information content (AvgIpc) is 2.83. The molecule has 0 aliphatic carbocycles. The summed E-state index contributed by atoms with van der Waals surface area (Å²) in [6.07, 6.45) is 0.853. The minimum absolute atomic E-state index is 0.0506. The fourth-order valence-electron chi connectivity index (χ4n) is 3.28. The maximum Gasteiger partial charge on any atom is 0.269 e. The van der Waals surface area contributed by atoms with Crippen molar-refractivity contribution >= 4 is 29.6 Å². The summed E-state index contributed by atoms with van der Waals surface area (Å²) >= 11 is 1.36. The maximum atomic E-state index is 11.7. The first kappa shape index (κ1) is 20.4. The van der Waals surface area contributed by atoms with E-state index >= 15 is 0 Å². The summed E-state index contributed by atoms with van der Waals surface area (Å²) in [5, 5.41) is 10.9. The molecule has 0 aliphatic heterocycles. The van der Waals surface area contributed by atoms with E-state index in [9.17, 15) is 14.9 Å². The highest BCUT2D eigenvalue weighted by atomic mass is 32.2. The standard InChI is InChI=1S/C25H18N2O3S/c28-17-18-15-23(19-7-3-1-4-8-19)25(24(16-18)20-9-5-2-6-10-20)26-31-22-13-11-21(12-14-22)27(29)30/h1-17,26H. The number of hydrogen-bond acceptors (Lipinski definition) is 5. The number of rotatable bonds is 7. The number of carbonyl (C=O) groups is 1. The van der Waals surface area contributed by atoms with Gasteiger partial charge in [-0.2, -0.15) is 0 Å². The number of anilines is 1. The van der Waals surface area contributed by atoms with Gasteiger partial charge in [0.25, 0.3) is 5.69 Å². The molecule has 152 valence electrons. The minimum Gasteiger partial charge on any atom is -0.325 e. The van der Waals surface area contributed by atoms with Crippen LogP contribution in [0.5, 0.6) is 0 Å². The number of carbonyl (C=O) groups excluding carboxylic acids is 1. The van der Waals surface area contributed by atoms with Crippen LogP contribution in [0.15, 0.2) is 102 Å². The van der Waals surface area contributed by atoms with E-state index in [1.165, 1.54) is 24.1 Å². The number of benzene rings is 4. The molecule has 0 unspecified atom stereocenters. The van der Waals surface area contributed by atoms with Gasteiger partial charge < -0.3 is 4.72 Å². The van der Waals surface area contributed by atoms with Crippen LogP contribution in [0.2, 0.25) is 0 Å². The normalized spacial score (nSPS) is 10.5. The smallest absolute Gasteiger partial charge is 0.269 e. The van der Waals surface area contributed by atoms with Crippen molar-refractivity contribution in [2.75, 3.05) is 4.72 Å². The molecule has 0 spiro atoms. The molecule has 6 heteroatoms. The molecule has 5 nitrogen and oxygen atoms in total. The van der Waals surface area contributed by atoms with E-state index in [1.807, 2.05) is 72.8 Å². The molecule has 0 heterocycles. The van der Waals surface area contributed by atoms with Gasteiger partial charge in [-0.05, 0) is 47.3 Å². The van der Waals surface area contributed by atoms with Crippen LogP contribution in [-0.2, 0) is 0 Å². The number of aldehydes is 1. The summed E-state index contributed by atoms with van der Waals surface area (Å²) in [7, 11) is 0. The second kappa shape index (κ2) is 9.28. The van der Waals surface area contributed by atoms with E-state index < -0.39 is 4.92 Å². The fourth-order valence-corrected chi connectivity index (χ4v) is 3.99. The highest BCUT2D eigenvalue weighted by molar-refractivity contribution is 8.00. The van der Waals surface area contributed by atoms with E-state index in [2.05, 4.69) is 4.72 Å². The number of nitro groups is 1. The highest BCUT2D eigenvalue weighted by Crippen LogP contribution is 2.40. The molecule has 0 aromatic heterocycles. The van der Waals surface area contributed by atoms with Gasteiger partial charge in [0.05, 0.1) is 10.6 Å². The summed E-state index contributed by atoms with van der Waals surface area (Å²) in [5.41, 5.74) is 5.27. The Bertz CT molecular complexity index is 1150. The molecule has 1 N–H and O–H groups in total. The van der Waals surface area contributed by atoms with Gasteiger partial charge in [-0.1, -0.05) is 60.7 Å². The SMILES string of the molecule is O=Cc1cc(-c2ccccc2)c(NSc2ccc([N+](=O)[O-])cc2)c(-c2ccccc2)c1. The molecule has 0 saturated carbocycles. The van der Waals surface area contributed by atoms with E-state index in [0.29, 0.717) is 5.56 Å². The van der Waals surface area contributed by atoms with Gasteiger partial charge in [-0.3, -0.25) is 14.9 Å². The van der Waals surface area contributed by atoms with Crippen molar-refractivity contribution in [1.29, 1.82) is 0 Å². The summed E-state index contributed by atoms with van der Waals surface area (Å²) < 4.78 is 3.43. The van der Waals surface area contributed by atoms with Gasteiger partial charge in [0, 0.05) is 33.7 Å². The predicted octanol–water partition coefficient (Wildman–Crippen LogP) is 6.86. The predicted molar refractivity (Wildman–Crippen MR) is 125 cm³/mol. The summed E-state index contributed by atoms with van der Waals surface area (Å²) in [4.78, 5) is 23.0. The van der Waals surface area contributed by atoms with Crippen molar-refractivity contribution in [3.63, 3.8) is 0 Å². The fraction of sp³-hybridized carbons (Fsp3) is 0. The van der Waals surface area contributed by atoms with Gasteiger partial charge in [-0.25, -0.2) is 0 Å². The van der Waals surface area contributed by atoms with Crippen LogP contribution in [0.3, 0.4) is 0 Å². The third kappa shape index (κ3) is 4.65. The molecule has 4 aromatic rings. The Labute approximate surface area is 184 Å². The molecule has 4 rings (SSSR count). The van der Waals surface area contributed by atoms with Crippen LogP contribution in [0.1, 0.15) is 10.4 Å². The average molecular weight is 426 g/mol. The number of non-ortho nitro benzene ring substituents is 1. The summed E-state index contributed by atoms with van der Waals surface area (Å²) in [6, 6.07) is 29.8. The lowest BCUT2D eigenvalue weighted by molar-refractivity contribution is -0.384. The summed E-state index contributed by atoms with van der Waals surface area (Å²) in [6.45, 7) is 0. The monoisotopic (exact) mass is 426 g/mol. The number of nitro benzene ring substituents is 1. The maximum absolute atomic E-state index is 11.7. The highest BCUT2D eigenvalue weighted by Gasteiger charge is 2.15. The number of hydrogen-bond donors (Lipinski definition) is 1. The minimum atomic E-state index is -0.416. The second-order valence-electron chi connectivity index (χ2n) is 6.80. The van der Waals surface area contributed by atoms with Crippen molar-refractivity contribution in [1.82, 2.24) is 0 Å². The molecule has 0 aliphatic rings. The molecule has 4 aromatic carbocycles. The van der Waals surface area contributed by atoms with Crippen molar-refractivity contribution < 1.29 is 9.72 Å². The van der Waals surface area contributed by atoms with Crippen molar-refractivity contribution in [2.45, 2.75) is 4.90 Å². The van der Waals surface area contributed by atoms with Gasteiger partial charge >= 0.3 is 0 Å². The molecular weight excluding hydrogens is 408 g/mol. The first-order chi connectivity index (χ1) is 15.2. The van der Waals surface area contributed by atoms with Gasteiger partial charge in [0.2, 0.25) is 0 Å². The quantitative estimate of drug-likeness (QED) is 0.151.